The number of unbranched alkanes of at least 4 members (excludes halogenated alkanes) is 21. The molecule has 0 aliphatic carbocycles. The number of hydrogen-bond acceptors (Lipinski definition) is 6. The molecule has 0 spiro atoms. The molecule has 0 heterocycles. The monoisotopic (exact) mass is 1080 g/mol. The summed E-state index contributed by atoms with van der Waals surface area (Å²) in [5.41, 5.74) is 0. The van der Waals surface area contributed by atoms with Gasteiger partial charge in [-0.1, -0.05) is 276 Å². The summed E-state index contributed by atoms with van der Waals surface area (Å²) in [4.78, 5) is 38.3. The number of hydrogen-bond donors (Lipinski definition) is 0. The van der Waals surface area contributed by atoms with E-state index in [0.29, 0.717) is 19.3 Å². The van der Waals surface area contributed by atoms with Crippen LogP contribution in [0.5, 0.6) is 0 Å². The van der Waals surface area contributed by atoms with Crippen molar-refractivity contribution in [2.75, 3.05) is 13.2 Å². The molecule has 0 N–H and O–H groups in total. The number of rotatable bonds is 56. The molecule has 0 aliphatic heterocycles. The first-order valence-corrected chi connectivity index (χ1v) is 31.8. The standard InChI is InChI=1S/C72H116O6/c1-4-7-10-13-16-19-22-25-28-31-33-34-35-36-37-38-40-41-44-47-50-53-56-59-62-65-71(74)77-68-69(67-76-70(73)64-61-58-55-52-49-46-43-30-27-24-21-18-15-12-9-6-3)78-72(75)66-63-60-57-54-51-48-45-42-39-32-29-26-23-20-17-14-11-8-5-2/h7-8,10-11,16-17,19-20,25-26,28-29,33-34,36-37,39-42,47-48,50-51,69H,4-6,9,12-15,18,21-24,27,30-32,35,38,43-46,49,52-68H2,1-3H3/b10-7-,11-8-,19-16-,20-17-,28-25-,29-26-,34-33-,37-36-,41-40-,42-39-,50-47-,51-48-. The van der Waals surface area contributed by atoms with Crippen LogP contribution < -0.4 is 0 Å². The average Bonchev–Trinajstić information content (AvgIpc) is 3.44. The van der Waals surface area contributed by atoms with Crippen LogP contribution in [0.15, 0.2) is 146 Å². The fraction of sp³-hybridized carbons (Fsp3) is 0.625. The molecule has 0 aromatic carbocycles. The number of ether oxygens (including phenoxy) is 3. The van der Waals surface area contributed by atoms with Gasteiger partial charge in [-0.2, -0.15) is 0 Å². The molecule has 78 heavy (non-hydrogen) atoms. The van der Waals surface area contributed by atoms with E-state index in [9.17, 15) is 14.4 Å². The third kappa shape index (κ3) is 62.1. The number of allylic oxidation sites excluding steroid dienone is 24. The van der Waals surface area contributed by atoms with Crippen molar-refractivity contribution in [3.63, 3.8) is 0 Å². The van der Waals surface area contributed by atoms with Crippen LogP contribution in [0, 0.1) is 0 Å². The third-order valence-corrected chi connectivity index (χ3v) is 13.1. The summed E-state index contributed by atoms with van der Waals surface area (Å²) >= 11 is 0. The molecule has 1 unspecified atom stereocenters. The van der Waals surface area contributed by atoms with E-state index in [1.807, 2.05) is 0 Å². The molecule has 0 saturated heterocycles. The fourth-order valence-electron chi connectivity index (χ4n) is 8.39. The SMILES string of the molecule is CC/C=C\C/C=C\C/C=C\C/C=C\C/C=C\C/C=C\C/C=C\CCCCCC(=O)OCC(COC(=O)CCCCCCCCCCCCCCCCCC)OC(=O)CCCCC/C=C\C/C=C\C/C=C\C/C=C\C/C=C\CC. The molecule has 440 valence electrons. The lowest BCUT2D eigenvalue weighted by atomic mass is 10.0. The molecule has 6 heteroatoms. The van der Waals surface area contributed by atoms with E-state index in [4.69, 9.17) is 14.2 Å². The highest BCUT2D eigenvalue weighted by molar-refractivity contribution is 5.71. The third-order valence-electron chi connectivity index (χ3n) is 13.1. The van der Waals surface area contributed by atoms with Crippen molar-refractivity contribution < 1.29 is 28.6 Å². The van der Waals surface area contributed by atoms with Gasteiger partial charge in [0, 0.05) is 19.3 Å². The molecule has 0 bridgehead atoms. The van der Waals surface area contributed by atoms with Crippen LogP contribution in [0.2, 0.25) is 0 Å². The zero-order valence-corrected chi connectivity index (χ0v) is 50.4. The average molecular weight is 1080 g/mol. The minimum Gasteiger partial charge on any atom is -0.462 e. The van der Waals surface area contributed by atoms with Crippen LogP contribution in [-0.2, 0) is 28.6 Å². The lowest BCUT2D eigenvalue weighted by molar-refractivity contribution is -0.167. The minimum absolute atomic E-state index is 0.105. The summed E-state index contributed by atoms with van der Waals surface area (Å²) in [7, 11) is 0. The van der Waals surface area contributed by atoms with Crippen molar-refractivity contribution in [3.05, 3.63) is 146 Å². The molecular weight excluding hydrogens is 961 g/mol. The zero-order chi connectivity index (χ0) is 56.4. The van der Waals surface area contributed by atoms with Crippen molar-refractivity contribution in [1.82, 2.24) is 0 Å². The van der Waals surface area contributed by atoms with Gasteiger partial charge in [0.05, 0.1) is 0 Å². The van der Waals surface area contributed by atoms with Gasteiger partial charge in [0.1, 0.15) is 13.2 Å². The van der Waals surface area contributed by atoms with E-state index in [-0.39, 0.29) is 37.5 Å². The summed E-state index contributed by atoms with van der Waals surface area (Å²) in [5, 5.41) is 0. The summed E-state index contributed by atoms with van der Waals surface area (Å²) in [5.74, 6) is -0.971. The van der Waals surface area contributed by atoms with Gasteiger partial charge in [-0.25, -0.2) is 0 Å². The molecule has 0 aliphatic rings. The van der Waals surface area contributed by atoms with Gasteiger partial charge in [0.25, 0.3) is 0 Å². The highest BCUT2D eigenvalue weighted by Gasteiger charge is 2.19. The second kappa shape index (κ2) is 64.8. The molecule has 0 amide bonds. The van der Waals surface area contributed by atoms with Gasteiger partial charge >= 0.3 is 17.9 Å². The quantitative estimate of drug-likeness (QED) is 0.0261. The minimum atomic E-state index is -0.816. The maximum Gasteiger partial charge on any atom is 0.306 e. The van der Waals surface area contributed by atoms with Crippen molar-refractivity contribution in [2.24, 2.45) is 0 Å². The van der Waals surface area contributed by atoms with Crippen LogP contribution in [0.1, 0.15) is 271 Å². The first-order chi connectivity index (χ1) is 38.5. The van der Waals surface area contributed by atoms with Crippen LogP contribution >= 0.6 is 0 Å². The fourth-order valence-corrected chi connectivity index (χ4v) is 8.39. The molecule has 1 atom stereocenters. The van der Waals surface area contributed by atoms with E-state index in [1.54, 1.807) is 0 Å². The van der Waals surface area contributed by atoms with Crippen LogP contribution in [0.25, 0.3) is 0 Å². The van der Waals surface area contributed by atoms with E-state index >= 15 is 0 Å². The Kier molecular flexibility index (Phi) is 60.9. The van der Waals surface area contributed by atoms with Gasteiger partial charge in [-0.05, 0) is 122 Å². The van der Waals surface area contributed by atoms with Crippen LogP contribution in [0.3, 0.4) is 0 Å². The number of esters is 3. The van der Waals surface area contributed by atoms with E-state index in [1.165, 1.54) is 83.5 Å². The normalized spacial score (nSPS) is 13.1. The van der Waals surface area contributed by atoms with Crippen LogP contribution in [0.4, 0.5) is 0 Å². The zero-order valence-electron chi connectivity index (χ0n) is 50.4. The highest BCUT2D eigenvalue weighted by atomic mass is 16.6. The van der Waals surface area contributed by atoms with Crippen molar-refractivity contribution in [3.8, 4) is 0 Å². The van der Waals surface area contributed by atoms with Crippen LogP contribution in [-0.4, -0.2) is 37.2 Å². The van der Waals surface area contributed by atoms with E-state index in [0.717, 1.165) is 141 Å². The van der Waals surface area contributed by atoms with Gasteiger partial charge in [0.15, 0.2) is 6.10 Å². The molecule has 0 saturated carbocycles. The van der Waals surface area contributed by atoms with E-state index in [2.05, 4.69) is 167 Å². The topological polar surface area (TPSA) is 78.9 Å². The summed E-state index contributed by atoms with van der Waals surface area (Å²) in [6, 6.07) is 0. The second-order valence-corrected chi connectivity index (χ2v) is 20.6. The van der Waals surface area contributed by atoms with Crippen molar-refractivity contribution >= 4 is 17.9 Å². The summed E-state index contributed by atoms with van der Waals surface area (Å²) in [6.45, 7) is 6.37. The number of carbonyl (C=O) groups is 3. The predicted octanol–water partition coefficient (Wildman–Crippen LogP) is 21.9. The molecule has 0 aromatic rings. The predicted molar refractivity (Wildman–Crippen MR) is 339 cm³/mol. The highest BCUT2D eigenvalue weighted by Crippen LogP contribution is 2.15. The first kappa shape index (κ1) is 73.3. The Morgan fingerprint density at radius 3 is 0.782 bits per heavy atom. The number of carbonyl (C=O) groups excluding carboxylic acids is 3. The maximum absolute atomic E-state index is 12.9. The molecule has 0 radical (unpaired) electrons. The summed E-state index contributed by atoms with van der Waals surface area (Å²) in [6.07, 6.45) is 92.7. The Hall–Kier alpha value is -4.71. The Balaban J connectivity index is 4.52. The van der Waals surface area contributed by atoms with Crippen molar-refractivity contribution in [1.29, 1.82) is 0 Å². The molecule has 0 rings (SSSR count). The maximum atomic E-state index is 12.9. The molecular formula is C72H116O6. The largest absolute Gasteiger partial charge is 0.462 e. The van der Waals surface area contributed by atoms with Crippen molar-refractivity contribution in [2.45, 2.75) is 277 Å². The van der Waals surface area contributed by atoms with Gasteiger partial charge in [-0.3, -0.25) is 14.4 Å². The lowest BCUT2D eigenvalue weighted by Gasteiger charge is -2.18. The molecule has 6 nitrogen and oxygen atoms in total. The van der Waals surface area contributed by atoms with Gasteiger partial charge in [0.2, 0.25) is 0 Å². The Labute approximate surface area is 480 Å². The van der Waals surface area contributed by atoms with E-state index < -0.39 is 6.10 Å². The Bertz CT molecular complexity index is 1710. The first-order valence-electron chi connectivity index (χ1n) is 31.8. The van der Waals surface area contributed by atoms with Gasteiger partial charge in [-0.15, -0.1) is 0 Å². The lowest BCUT2D eigenvalue weighted by Crippen LogP contribution is -2.30. The molecule has 0 aromatic heterocycles. The summed E-state index contributed by atoms with van der Waals surface area (Å²) < 4.78 is 16.9. The van der Waals surface area contributed by atoms with Gasteiger partial charge < -0.3 is 14.2 Å². The second-order valence-electron chi connectivity index (χ2n) is 20.6. The smallest absolute Gasteiger partial charge is 0.306 e. The Morgan fingerprint density at radius 2 is 0.500 bits per heavy atom. The Morgan fingerprint density at radius 1 is 0.269 bits per heavy atom. The molecule has 0 fully saturated rings.